The summed E-state index contributed by atoms with van der Waals surface area (Å²) in [6.07, 6.45) is 2.50. The Hall–Kier alpha value is -1.03. The number of nitrogens with one attached hydrogen (secondary N) is 2. The van der Waals surface area contributed by atoms with Crippen molar-refractivity contribution >= 4 is 0 Å². The molecule has 1 rings (SSSR count). The molecule has 1 heterocycles. The SMILES string of the molecule is NC1=[C+]N(N)NN1. The van der Waals surface area contributed by atoms with Gasteiger partial charge in [-0.05, 0) is 5.12 Å². The summed E-state index contributed by atoms with van der Waals surface area (Å²) in [5.41, 5.74) is 10.1. The average molecular weight is 100 g/mol. The zero-order valence-electron chi connectivity index (χ0n) is 3.60. The minimum Gasteiger partial charge on any atom is -0.337 e. The summed E-state index contributed by atoms with van der Waals surface area (Å²) in [4.78, 5) is 0. The first-order chi connectivity index (χ1) is 3.29. The molecular weight excluding hydrogens is 94.1 g/mol. The van der Waals surface area contributed by atoms with Crippen LogP contribution in [0.4, 0.5) is 0 Å². The van der Waals surface area contributed by atoms with Gasteiger partial charge in [-0.15, -0.1) is 0 Å². The van der Waals surface area contributed by atoms with Gasteiger partial charge in [0.05, 0.1) is 0 Å². The van der Waals surface area contributed by atoms with Crippen LogP contribution < -0.4 is 22.5 Å². The van der Waals surface area contributed by atoms with Crippen molar-refractivity contribution in [3.63, 3.8) is 0 Å². The second kappa shape index (κ2) is 1.23. The van der Waals surface area contributed by atoms with E-state index < -0.39 is 0 Å². The average Bonchev–Trinajstić information content (AvgIpc) is 1.87. The Kier molecular flexibility index (Phi) is 0.729. The minimum atomic E-state index is 0.391. The summed E-state index contributed by atoms with van der Waals surface area (Å²) in [5, 5.41) is 1.11. The number of rotatable bonds is 0. The van der Waals surface area contributed by atoms with Crippen LogP contribution in [0.5, 0.6) is 0 Å². The van der Waals surface area contributed by atoms with Crippen molar-refractivity contribution in [1.82, 2.24) is 16.1 Å². The fraction of sp³-hybridized carbons (Fsp3) is 0. The summed E-state index contributed by atoms with van der Waals surface area (Å²) in [6.45, 7) is 0. The van der Waals surface area contributed by atoms with Crippen molar-refractivity contribution in [2.45, 2.75) is 0 Å². The predicted molar refractivity (Wildman–Crippen MR) is 23.2 cm³/mol. The van der Waals surface area contributed by atoms with Gasteiger partial charge >= 0.3 is 12.0 Å². The number of hydrazine groups is 3. The summed E-state index contributed by atoms with van der Waals surface area (Å²) in [6, 6.07) is 0. The minimum absolute atomic E-state index is 0.391. The third kappa shape index (κ3) is 0.690. The van der Waals surface area contributed by atoms with E-state index in [2.05, 4.69) is 17.2 Å². The maximum Gasteiger partial charge on any atom is 0.456 e. The summed E-state index contributed by atoms with van der Waals surface area (Å²) in [7, 11) is 0. The molecular formula is C2H6N5+. The lowest BCUT2D eigenvalue weighted by atomic mass is 10.8. The molecule has 0 fully saturated rings. The van der Waals surface area contributed by atoms with E-state index >= 15 is 0 Å². The van der Waals surface area contributed by atoms with E-state index in [1.54, 1.807) is 0 Å². The molecule has 1 aliphatic rings. The van der Waals surface area contributed by atoms with Gasteiger partial charge in [0.25, 0.3) is 0 Å². The highest BCUT2D eigenvalue weighted by Crippen LogP contribution is 1.80. The lowest BCUT2D eigenvalue weighted by molar-refractivity contribution is 0.268. The quantitative estimate of drug-likeness (QED) is 0.204. The van der Waals surface area contributed by atoms with Crippen LogP contribution in [0, 0.1) is 6.20 Å². The fourth-order valence-corrected chi connectivity index (χ4v) is 0.306. The van der Waals surface area contributed by atoms with Gasteiger partial charge in [-0.25, -0.2) is 5.43 Å². The Morgan fingerprint density at radius 2 is 2.43 bits per heavy atom. The molecule has 0 radical (unpaired) electrons. The van der Waals surface area contributed by atoms with Crippen molar-refractivity contribution in [3.8, 4) is 0 Å². The molecule has 0 aromatic rings. The second-order valence-corrected chi connectivity index (χ2v) is 1.13. The van der Waals surface area contributed by atoms with Crippen LogP contribution in [-0.2, 0) is 0 Å². The zero-order chi connectivity index (χ0) is 5.28. The van der Waals surface area contributed by atoms with E-state index in [4.69, 9.17) is 11.6 Å². The van der Waals surface area contributed by atoms with Crippen molar-refractivity contribution in [3.05, 3.63) is 12.0 Å². The fourth-order valence-electron chi connectivity index (χ4n) is 0.306. The monoisotopic (exact) mass is 100 g/mol. The van der Waals surface area contributed by atoms with Crippen molar-refractivity contribution in [1.29, 1.82) is 0 Å². The number of nitrogens with two attached hydrogens (primary N) is 2. The highest BCUT2D eigenvalue weighted by Gasteiger charge is 2.19. The van der Waals surface area contributed by atoms with Crippen LogP contribution in [0.15, 0.2) is 5.82 Å². The molecule has 38 valence electrons. The smallest absolute Gasteiger partial charge is 0.337 e. The Morgan fingerprint density at radius 3 is 2.57 bits per heavy atom. The van der Waals surface area contributed by atoms with Crippen LogP contribution in [0.3, 0.4) is 0 Å². The molecule has 5 heteroatoms. The molecule has 1 aliphatic heterocycles. The highest BCUT2D eigenvalue weighted by atomic mass is 15.8. The first kappa shape index (κ1) is 4.14. The van der Waals surface area contributed by atoms with Crippen LogP contribution >= 0.6 is 0 Å². The molecule has 5 nitrogen and oxygen atoms in total. The number of hydrogen-bond donors (Lipinski definition) is 4. The molecule has 0 aromatic carbocycles. The largest absolute Gasteiger partial charge is 0.456 e. The molecule has 0 saturated heterocycles. The molecule has 0 atom stereocenters. The van der Waals surface area contributed by atoms with Gasteiger partial charge in [0.15, 0.2) is 0 Å². The molecule has 0 aliphatic carbocycles. The third-order valence-electron chi connectivity index (χ3n) is 0.552. The van der Waals surface area contributed by atoms with Crippen LogP contribution in [0.2, 0.25) is 0 Å². The summed E-state index contributed by atoms with van der Waals surface area (Å²) < 4.78 is 0. The second-order valence-electron chi connectivity index (χ2n) is 1.13. The zero-order valence-corrected chi connectivity index (χ0v) is 3.60. The normalized spacial score (nSPS) is 17.9. The van der Waals surface area contributed by atoms with E-state index in [1.807, 2.05) is 0 Å². The van der Waals surface area contributed by atoms with Crippen LogP contribution in [0.25, 0.3) is 0 Å². The van der Waals surface area contributed by atoms with E-state index in [0.717, 1.165) is 5.12 Å². The molecule has 6 N–H and O–H groups in total. The molecule has 0 aromatic heterocycles. The topological polar surface area (TPSA) is 79.3 Å². The first-order valence-corrected chi connectivity index (χ1v) is 1.74. The summed E-state index contributed by atoms with van der Waals surface area (Å²) >= 11 is 0. The standard InChI is InChI=1S/C2H6N5/c3-2-1-7(4)6-5-2/h5-6H,3-4H2/q+1. The number of hydrogen-bond acceptors (Lipinski definition) is 5. The van der Waals surface area contributed by atoms with E-state index in [1.165, 1.54) is 0 Å². The third-order valence-corrected chi connectivity index (χ3v) is 0.552. The number of nitrogens with zero attached hydrogens (tertiary/aromatic N) is 1. The Bertz CT molecular complexity index is 96.3. The van der Waals surface area contributed by atoms with Gasteiger partial charge in [0.2, 0.25) is 0 Å². The first-order valence-electron chi connectivity index (χ1n) is 1.74. The maximum atomic E-state index is 5.14. The Morgan fingerprint density at radius 1 is 1.71 bits per heavy atom. The van der Waals surface area contributed by atoms with Gasteiger partial charge in [-0.1, -0.05) is 5.53 Å². The predicted octanol–water partition coefficient (Wildman–Crippen LogP) is -2.25. The van der Waals surface area contributed by atoms with E-state index in [-0.39, 0.29) is 0 Å². The van der Waals surface area contributed by atoms with Crippen molar-refractivity contribution in [2.75, 3.05) is 0 Å². The molecule has 0 spiro atoms. The molecule has 0 saturated carbocycles. The van der Waals surface area contributed by atoms with Gasteiger partial charge in [0.1, 0.15) is 0 Å². The van der Waals surface area contributed by atoms with Gasteiger partial charge in [0, 0.05) is 0 Å². The van der Waals surface area contributed by atoms with Crippen molar-refractivity contribution in [2.24, 2.45) is 11.6 Å². The summed E-state index contributed by atoms with van der Waals surface area (Å²) in [5.74, 6) is 5.46. The van der Waals surface area contributed by atoms with E-state index in [0.29, 0.717) is 5.82 Å². The molecule has 0 amide bonds. The highest BCUT2D eigenvalue weighted by molar-refractivity contribution is 4.86. The Balaban J connectivity index is 2.50. The van der Waals surface area contributed by atoms with Gasteiger partial charge in [-0.2, -0.15) is 5.84 Å². The van der Waals surface area contributed by atoms with E-state index in [9.17, 15) is 0 Å². The van der Waals surface area contributed by atoms with Crippen LogP contribution in [0.1, 0.15) is 0 Å². The Labute approximate surface area is 40.9 Å². The van der Waals surface area contributed by atoms with Crippen LogP contribution in [-0.4, -0.2) is 5.12 Å². The van der Waals surface area contributed by atoms with Gasteiger partial charge in [-0.3, -0.25) is 0 Å². The lowest BCUT2D eigenvalue weighted by Crippen LogP contribution is -2.41. The molecule has 0 bridgehead atoms. The molecule has 0 unspecified atom stereocenters. The van der Waals surface area contributed by atoms with Gasteiger partial charge < -0.3 is 5.73 Å². The maximum absolute atomic E-state index is 5.14. The lowest BCUT2D eigenvalue weighted by Gasteiger charge is -1.90. The van der Waals surface area contributed by atoms with Crippen molar-refractivity contribution < 1.29 is 0 Å². The molecule has 7 heavy (non-hydrogen) atoms.